The molecule has 5 aromatic rings. The van der Waals surface area contributed by atoms with Crippen LogP contribution in [0.3, 0.4) is 0 Å². The SMILES string of the molecule is Cc1ncc(Cl)cc1C(=O)NC1CCC(Cn2c(=O)n(-c3ccc4c(c3)cc(CO)n4C)c3ccccc32)CC1. The largest absolute Gasteiger partial charge is 0.390 e. The number of aliphatic hydroxyl groups is 1. The van der Waals surface area contributed by atoms with Gasteiger partial charge in [-0.2, -0.15) is 0 Å². The van der Waals surface area contributed by atoms with E-state index in [9.17, 15) is 14.7 Å². The van der Waals surface area contributed by atoms with Crippen molar-refractivity contribution in [1.29, 1.82) is 0 Å². The van der Waals surface area contributed by atoms with Crippen molar-refractivity contribution in [2.45, 2.75) is 51.8 Å². The number of aryl methyl sites for hydroxylation is 2. The summed E-state index contributed by atoms with van der Waals surface area (Å²) in [4.78, 5) is 30.9. The number of amides is 1. The van der Waals surface area contributed by atoms with Gasteiger partial charge in [-0.1, -0.05) is 23.7 Å². The summed E-state index contributed by atoms with van der Waals surface area (Å²) in [5, 5.41) is 14.3. The zero-order valence-corrected chi connectivity index (χ0v) is 23.4. The number of carbonyl (C=O) groups is 1. The van der Waals surface area contributed by atoms with E-state index in [1.165, 1.54) is 0 Å². The fourth-order valence-electron chi connectivity index (χ4n) is 6.07. The molecule has 1 amide bonds. The molecule has 1 saturated carbocycles. The molecule has 3 aromatic heterocycles. The van der Waals surface area contributed by atoms with Crippen molar-refractivity contribution in [2.24, 2.45) is 13.0 Å². The molecule has 3 heterocycles. The molecule has 0 unspecified atom stereocenters. The third kappa shape index (κ3) is 4.71. The summed E-state index contributed by atoms with van der Waals surface area (Å²) in [6.45, 7) is 2.40. The summed E-state index contributed by atoms with van der Waals surface area (Å²) in [6.07, 6.45) is 5.10. The standard InChI is InChI=1S/C31H32ClN5O3/c1-19-26(15-22(32)16-33-19)30(39)34-23-9-7-20(8-10-23)17-36-28-5-3-4-6-29(28)37(31(36)40)24-11-12-27-21(13-24)14-25(18-38)35(27)2/h3-6,11-16,20,23,38H,7-10,17-18H2,1-2H3,(H,34,39). The van der Waals surface area contributed by atoms with Gasteiger partial charge in [-0.25, -0.2) is 4.79 Å². The van der Waals surface area contributed by atoms with Crippen LogP contribution in [0.5, 0.6) is 0 Å². The summed E-state index contributed by atoms with van der Waals surface area (Å²) in [5.41, 5.74) is 5.54. The number of imidazole rings is 1. The van der Waals surface area contributed by atoms with E-state index in [0.29, 0.717) is 28.7 Å². The molecule has 2 N–H and O–H groups in total. The van der Waals surface area contributed by atoms with Crippen LogP contribution in [0, 0.1) is 12.8 Å². The summed E-state index contributed by atoms with van der Waals surface area (Å²) in [6, 6.07) is 17.6. The number of hydrogen-bond acceptors (Lipinski definition) is 4. The summed E-state index contributed by atoms with van der Waals surface area (Å²) >= 11 is 6.05. The lowest BCUT2D eigenvalue weighted by atomic mass is 9.85. The molecule has 0 saturated heterocycles. The first-order valence-corrected chi connectivity index (χ1v) is 14.0. The number of nitrogens with one attached hydrogen (secondary N) is 1. The van der Waals surface area contributed by atoms with Gasteiger partial charge >= 0.3 is 5.69 Å². The molecule has 1 fully saturated rings. The molecule has 2 aromatic carbocycles. The van der Waals surface area contributed by atoms with E-state index in [4.69, 9.17) is 11.6 Å². The van der Waals surface area contributed by atoms with E-state index in [-0.39, 0.29) is 24.2 Å². The first-order chi connectivity index (χ1) is 19.3. The van der Waals surface area contributed by atoms with E-state index in [1.807, 2.05) is 64.7 Å². The number of para-hydroxylation sites is 2. The topological polar surface area (TPSA) is 94.1 Å². The van der Waals surface area contributed by atoms with Gasteiger partial charge < -0.3 is 15.0 Å². The third-order valence-electron chi connectivity index (χ3n) is 8.30. The molecule has 206 valence electrons. The summed E-state index contributed by atoms with van der Waals surface area (Å²) < 4.78 is 5.65. The maximum absolute atomic E-state index is 13.9. The molecule has 9 heteroatoms. The lowest BCUT2D eigenvalue weighted by molar-refractivity contribution is 0.0919. The fourth-order valence-corrected chi connectivity index (χ4v) is 6.23. The number of aromatic nitrogens is 4. The Morgan fingerprint density at radius 1 is 1.05 bits per heavy atom. The van der Waals surface area contributed by atoms with Gasteiger partial charge in [0.05, 0.1) is 39.6 Å². The van der Waals surface area contributed by atoms with Gasteiger partial charge in [0.1, 0.15) is 0 Å². The minimum absolute atomic E-state index is 0.0385. The van der Waals surface area contributed by atoms with Crippen molar-refractivity contribution < 1.29 is 9.90 Å². The first-order valence-electron chi connectivity index (χ1n) is 13.7. The van der Waals surface area contributed by atoms with Crippen LogP contribution in [-0.4, -0.2) is 35.7 Å². The Balaban J connectivity index is 1.22. The van der Waals surface area contributed by atoms with Gasteiger partial charge in [0.15, 0.2) is 0 Å². The highest BCUT2D eigenvalue weighted by Gasteiger charge is 2.26. The van der Waals surface area contributed by atoms with Gasteiger partial charge in [0.2, 0.25) is 0 Å². The number of fused-ring (bicyclic) bond motifs is 2. The van der Waals surface area contributed by atoms with Crippen LogP contribution < -0.4 is 11.0 Å². The highest BCUT2D eigenvalue weighted by atomic mass is 35.5. The lowest BCUT2D eigenvalue weighted by Gasteiger charge is -2.29. The first kappa shape index (κ1) is 26.3. The second-order valence-electron chi connectivity index (χ2n) is 10.8. The van der Waals surface area contributed by atoms with Gasteiger partial charge in [0.25, 0.3) is 5.91 Å². The van der Waals surface area contributed by atoms with Crippen molar-refractivity contribution in [2.75, 3.05) is 0 Å². The Labute approximate surface area is 236 Å². The average molecular weight is 558 g/mol. The quantitative estimate of drug-likeness (QED) is 0.303. The van der Waals surface area contributed by atoms with Gasteiger partial charge in [-0.3, -0.25) is 18.9 Å². The maximum atomic E-state index is 13.9. The third-order valence-corrected chi connectivity index (χ3v) is 8.51. The fraction of sp³-hybridized carbons (Fsp3) is 0.323. The number of rotatable bonds is 6. The van der Waals surface area contributed by atoms with Crippen LogP contribution >= 0.6 is 11.6 Å². The van der Waals surface area contributed by atoms with Crippen LogP contribution in [0.4, 0.5) is 0 Å². The Bertz CT molecular complexity index is 1790. The molecular formula is C31H32ClN5O3. The smallest absolute Gasteiger partial charge is 0.333 e. The molecule has 0 radical (unpaired) electrons. The zero-order valence-electron chi connectivity index (χ0n) is 22.6. The van der Waals surface area contributed by atoms with E-state index < -0.39 is 0 Å². The number of nitrogens with zero attached hydrogens (tertiary/aromatic N) is 4. The minimum atomic E-state index is -0.142. The molecule has 0 atom stereocenters. The van der Waals surface area contributed by atoms with Crippen molar-refractivity contribution in [3.8, 4) is 5.69 Å². The Morgan fingerprint density at radius 2 is 1.80 bits per heavy atom. The molecule has 1 aliphatic carbocycles. The van der Waals surface area contributed by atoms with Crippen molar-refractivity contribution in [3.63, 3.8) is 0 Å². The molecule has 0 spiro atoms. The van der Waals surface area contributed by atoms with Crippen LogP contribution in [0.1, 0.15) is 47.4 Å². The minimum Gasteiger partial charge on any atom is -0.390 e. The van der Waals surface area contributed by atoms with Crippen molar-refractivity contribution >= 4 is 39.4 Å². The van der Waals surface area contributed by atoms with E-state index >= 15 is 0 Å². The number of carbonyl (C=O) groups excluding carboxylic acids is 1. The van der Waals surface area contributed by atoms with Crippen molar-refractivity contribution in [1.82, 2.24) is 24.0 Å². The van der Waals surface area contributed by atoms with Gasteiger partial charge in [-0.05, 0) is 81.0 Å². The summed E-state index contributed by atoms with van der Waals surface area (Å²) in [7, 11) is 1.93. The maximum Gasteiger partial charge on any atom is 0.333 e. The molecule has 0 bridgehead atoms. The predicted molar refractivity (Wildman–Crippen MR) is 157 cm³/mol. The number of hydrogen-bond donors (Lipinski definition) is 2. The zero-order chi connectivity index (χ0) is 28.0. The van der Waals surface area contributed by atoms with Crippen LogP contribution in [0.25, 0.3) is 27.6 Å². The van der Waals surface area contributed by atoms with Gasteiger partial charge in [0, 0.05) is 42.4 Å². The highest BCUT2D eigenvalue weighted by Crippen LogP contribution is 2.29. The monoisotopic (exact) mass is 557 g/mol. The molecule has 40 heavy (non-hydrogen) atoms. The molecule has 6 rings (SSSR count). The molecule has 1 aliphatic rings. The Hall–Kier alpha value is -3.88. The van der Waals surface area contributed by atoms with E-state index in [0.717, 1.165) is 59.0 Å². The van der Waals surface area contributed by atoms with Gasteiger partial charge in [-0.15, -0.1) is 0 Å². The summed E-state index contributed by atoms with van der Waals surface area (Å²) in [5.74, 6) is 0.195. The van der Waals surface area contributed by atoms with Crippen molar-refractivity contribution in [3.05, 3.63) is 93.3 Å². The average Bonchev–Trinajstić information content (AvgIpc) is 3.43. The number of aliphatic hydroxyl groups excluding tert-OH is 1. The van der Waals surface area contributed by atoms with E-state index in [1.54, 1.807) is 23.8 Å². The second kappa shape index (κ2) is 10.6. The number of pyridine rings is 1. The predicted octanol–water partition coefficient (Wildman–Crippen LogP) is 5.12. The molecule has 8 nitrogen and oxygen atoms in total. The van der Waals surface area contributed by atoms with Crippen LogP contribution in [-0.2, 0) is 20.2 Å². The second-order valence-corrected chi connectivity index (χ2v) is 11.2. The highest BCUT2D eigenvalue weighted by molar-refractivity contribution is 6.30. The number of benzene rings is 2. The molecular weight excluding hydrogens is 526 g/mol. The molecule has 0 aliphatic heterocycles. The van der Waals surface area contributed by atoms with E-state index in [2.05, 4.69) is 10.3 Å². The Morgan fingerprint density at radius 3 is 2.55 bits per heavy atom. The number of halogens is 1. The van der Waals surface area contributed by atoms with Crippen LogP contribution in [0.15, 0.2) is 65.6 Å². The van der Waals surface area contributed by atoms with Crippen LogP contribution in [0.2, 0.25) is 5.02 Å². The Kier molecular flexibility index (Phi) is 6.98. The normalized spacial score (nSPS) is 17.5. The lowest BCUT2D eigenvalue weighted by Crippen LogP contribution is -2.39.